The van der Waals surface area contributed by atoms with Crippen LogP contribution < -0.4 is 15.4 Å². The van der Waals surface area contributed by atoms with E-state index in [-0.39, 0.29) is 5.57 Å². The number of methoxy groups -OCH3 is 1. The molecule has 0 fully saturated rings. The monoisotopic (exact) mass is 339 g/mol. The van der Waals surface area contributed by atoms with Crippen molar-refractivity contribution in [1.29, 1.82) is 5.26 Å². The number of benzene rings is 2. The first-order valence-electron chi connectivity index (χ1n) is 7.13. The molecule has 5 nitrogen and oxygen atoms in total. The third kappa shape index (κ3) is 4.54. The largest absolute Gasteiger partial charge is 0.495 e. The number of ether oxygens (including phenoxy) is 1. The van der Waals surface area contributed by atoms with Gasteiger partial charge in [-0.1, -0.05) is 18.2 Å². The molecule has 0 heterocycles. The maximum atomic E-state index is 12.3. The lowest BCUT2D eigenvalue weighted by Crippen LogP contribution is -2.15. The van der Waals surface area contributed by atoms with Crippen LogP contribution in [0, 0.1) is 11.3 Å². The van der Waals surface area contributed by atoms with Crippen LogP contribution in [0.5, 0.6) is 5.75 Å². The standard InChI is InChI=1S/C18H17N3O2S/c1-23-17-9-4-3-8-16(17)21-18(22)13(11-19)12-20-14-6-5-7-15(10-14)24-2/h3-10,12,20H,1-2H3,(H,21,22)/b13-12-. The van der Waals surface area contributed by atoms with Crippen molar-refractivity contribution in [3.8, 4) is 11.8 Å². The van der Waals surface area contributed by atoms with Gasteiger partial charge in [0.15, 0.2) is 0 Å². The highest BCUT2D eigenvalue weighted by Crippen LogP contribution is 2.23. The zero-order chi connectivity index (χ0) is 17.4. The number of hydrogen-bond donors (Lipinski definition) is 2. The van der Waals surface area contributed by atoms with E-state index in [4.69, 9.17) is 4.74 Å². The molecule has 0 radical (unpaired) electrons. The second-order valence-corrected chi connectivity index (χ2v) is 5.58. The lowest BCUT2D eigenvalue weighted by Gasteiger charge is -2.09. The van der Waals surface area contributed by atoms with Gasteiger partial charge in [-0.05, 0) is 36.6 Å². The van der Waals surface area contributed by atoms with E-state index in [1.807, 2.05) is 36.6 Å². The van der Waals surface area contributed by atoms with Crippen molar-refractivity contribution >= 4 is 29.0 Å². The molecule has 6 heteroatoms. The molecular weight excluding hydrogens is 322 g/mol. The number of amides is 1. The van der Waals surface area contributed by atoms with Crippen molar-refractivity contribution in [3.05, 3.63) is 60.3 Å². The zero-order valence-electron chi connectivity index (χ0n) is 13.4. The third-order valence-corrected chi connectivity index (χ3v) is 3.90. The summed E-state index contributed by atoms with van der Waals surface area (Å²) in [5.41, 5.74) is 1.28. The molecule has 0 aromatic heterocycles. The first-order chi connectivity index (χ1) is 11.7. The minimum atomic E-state index is -0.504. The van der Waals surface area contributed by atoms with Crippen molar-refractivity contribution < 1.29 is 9.53 Å². The van der Waals surface area contributed by atoms with Crippen molar-refractivity contribution in [2.24, 2.45) is 0 Å². The third-order valence-electron chi connectivity index (χ3n) is 3.17. The predicted octanol–water partition coefficient (Wildman–Crippen LogP) is 3.88. The fourth-order valence-electron chi connectivity index (χ4n) is 1.95. The maximum Gasteiger partial charge on any atom is 0.267 e. The molecule has 0 spiro atoms. The van der Waals surface area contributed by atoms with Gasteiger partial charge in [0.2, 0.25) is 0 Å². The van der Waals surface area contributed by atoms with E-state index >= 15 is 0 Å². The maximum absolute atomic E-state index is 12.3. The Morgan fingerprint density at radius 3 is 2.75 bits per heavy atom. The van der Waals surface area contributed by atoms with E-state index < -0.39 is 5.91 Å². The number of para-hydroxylation sites is 2. The van der Waals surface area contributed by atoms with Crippen LogP contribution in [-0.4, -0.2) is 19.3 Å². The van der Waals surface area contributed by atoms with Crippen molar-refractivity contribution in [2.45, 2.75) is 4.90 Å². The molecular formula is C18H17N3O2S. The van der Waals surface area contributed by atoms with Gasteiger partial charge in [0.1, 0.15) is 17.4 Å². The van der Waals surface area contributed by atoms with Crippen LogP contribution in [0.3, 0.4) is 0 Å². The van der Waals surface area contributed by atoms with E-state index in [0.717, 1.165) is 10.6 Å². The van der Waals surface area contributed by atoms with E-state index in [1.54, 1.807) is 36.0 Å². The smallest absolute Gasteiger partial charge is 0.267 e. The summed E-state index contributed by atoms with van der Waals surface area (Å²) < 4.78 is 5.18. The predicted molar refractivity (Wildman–Crippen MR) is 97.2 cm³/mol. The normalized spacial score (nSPS) is 10.6. The van der Waals surface area contributed by atoms with Crippen LogP contribution in [0.25, 0.3) is 0 Å². The number of anilines is 2. The Balaban J connectivity index is 2.12. The Hall–Kier alpha value is -2.91. The van der Waals surface area contributed by atoms with Gasteiger partial charge in [-0.2, -0.15) is 5.26 Å². The Morgan fingerprint density at radius 1 is 1.25 bits per heavy atom. The fraction of sp³-hybridized carbons (Fsp3) is 0.111. The Bertz CT molecular complexity index is 797. The molecule has 0 aliphatic heterocycles. The zero-order valence-corrected chi connectivity index (χ0v) is 14.2. The van der Waals surface area contributed by atoms with Gasteiger partial charge in [-0.25, -0.2) is 0 Å². The number of nitrogens with zero attached hydrogens (tertiary/aromatic N) is 1. The Labute approximate surface area is 145 Å². The second-order valence-electron chi connectivity index (χ2n) is 4.70. The second kappa shape index (κ2) is 8.65. The molecule has 0 unspecified atom stereocenters. The molecule has 2 N–H and O–H groups in total. The van der Waals surface area contributed by atoms with Crippen molar-refractivity contribution in [2.75, 3.05) is 24.0 Å². The number of rotatable bonds is 6. The topological polar surface area (TPSA) is 74.1 Å². The highest BCUT2D eigenvalue weighted by molar-refractivity contribution is 7.98. The molecule has 0 saturated carbocycles. The summed E-state index contributed by atoms with van der Waals surface area (Å²) in [6, 6.07) is 16.6. The molecule has 24 heavy (non-hydrogen) atoms. The van der Waals surface area contributed by atoms with Gasteiger partial charge in [-0.3, -0.25) is 4.79 Å². The molecule has 0 saturated heterocycles. The molecule has 1 amide bonds. The van der Waals surface area contributed by atoms with Gasteiger partial charge in [0, 0.05) is 16.8 Å². The Morgan fingerprint density at radius 2 is 2.04 bits per heavy atom. The molecule has 0 atom stereocenters. The molecule has 0 aliphatic carbocycles. The highest BCUT2D eigenvalue weighted by atomic mass is 32.2. The fourth-order valence-corrected chi connectivity index (χ4v) is 2.41. The van der Waals surface area contributed by atoms with Gasteiger partial charge in [0.25, 0.3) is 5.91 Å². The lowest BCUT2D eigenvalue weighted by molar-refractivity contribution is -0.112. The SMILES string of the molecule is COc1ccccc1NC(=O)/C(C#N)=C\Nc1cccc(SC)c1. The molecule has 2 aromatic carbocycles. The van der Waals surface area contributed by atoms with Crippen LogP contribution in [0.4, 0.5) is 11.4 Å². The summed E-state index contributed by atoms with van der Waals surface area (Å²) in [5, 5.41) is 14.9. The van der Waals surface area contributed by atoms with Crippen LogP contribution in [-0.2, 0) is 4.79 Å². The number of nitrogens with one attached hydrogen (secondary N) is 2. The number of carbonyl (C=O) groups excluding carboxylic acids is 1. The molecule has 122 valence electrons. The first-order valence-corrected chi connectivity index (χ1v) is 8.35. The first kappa shape index (κ1) is 17.4. The van der Waals surface area contributed by atoms with E-state index in [9.17, 15) is 10.1 Å². The minimum absolute atomic E-state index is 0.0320. The summed E-state index contributed by atoms with van der Waals surface area (Å²) >= 11 is 1.62. The van der Waals surface area contributed by atoms with Crippen LogP contribution >= 0.6 is 11.8 Å². The van der Waals surface area contributed by atoms with Crippen molar-refractivity contribution in [3.63, 3.8) is 0 Å². The summed E-state index contributed by atoms with van der Waals surface area (Å²) in [6.45, 7) is 0. The highest BCUT2D eigenvalue weighted by Gasteiger charge is 2.11. The van der Waals surface area contributed by atoms with Crippen LogP contribution in [0.15, 0.2) is 65.2 Å². The van der Waals surface area contributed by atoms with Gasteiger partial charge >= 0.3 is 0 Å². The quantitative estimate of drug-likeness (QED) is 0.475. The Kier molecular flexibility index (Phi) is 6.29. The summed E-state index contributed by atoms with van der Waals surface area (Å²) in [4.78, 5) is 13.3. The number of nitriles is 1. The minimum Gasteiger partial charge on any atom is -0.495 e. The molecule has 2 rings (SSSR count). The van der Waals surface area contributed by atoms with E-state index in [0.29, 0.717) is 11.4 Å². The van der Waals surface area contributed by atoms with Crippen LogP contribution in [0.2, 0.25) is 0 Å². The summed E-state index contributed by atoms with van der Waals surface area (Å²) in [7, 11) is 1.52. The van der Waals surface area contributed by atoms with Crippen molar-refractivity contribution in [1.82, 2.24) is 0 Å². The van der Waals surface area contributed by atoms with E-state index in [1.165, 1.54) is 13.3 Å². The van der Waals surface area contributed by atoms with E-state index in [2.05, 4.69) is 10.6 Å². The lowest BCUT2D eigenvalue weighted by atomic mass is 10.2. The average Bonchev–Trinajstić information content (AvgIpc) is 2.63. The number of thioether (sulfide) groups is 1. The number of carbonyl (C=O) groups is 1. The molecule has 0 bridgehead atoms. The van der Waals surface area contributed by atoms with Gasteiger partial charge in [-0.15, -0.1) is 11.8 Å². The number of hydrogen-bond acceptors (Lipinski definition) is 5. The van der Waals surface area contributed by atoms with Gasteiger partial charge in [0.05, 0.1) is 12.8 Å². The molecule has 0 aliphatic rings. The molecule has 2 aromatic rings. The van der Waals surface area contributed by atoms with Crippen LogP contribution in [0.1, 0.15) is 0 Å². The average molecular weight is 339 g/mol. The summed E-state index contributed by atoms with van der Waals surface area (Å²) in [6.07, 6.45) is 3.38. The summed E-state index contributed by atoms with van der Waals surface area (Å²) in [5.74, 6) is 0.0271. The van der Waals surface area contributed by atoms with Gasteiger partial charge < -0.3 is 15.4 Å².